The molecule has 2 heterocycles. The summed E-state index contributed by atoms with van der Waals surface area (Å²) < 4.78 is 20.0. The summed E-state index contributed by atoms with van der Waals surface area (Å²) >= 11 is 6.03. The Morgan fingerprint density at radius 3 is 2.71 bits per heavy atom. The summed E-state index contributed by atoms with van der Waals surface area (Å²) in [5, 5.41) is 0.778. The van der Waals surface area contributed by atoms with Gasteiger partial charge in [-0.15, -0.1) is 0 Å². The highest BCUT2D eigenvalue weighted by Crippen LogP contribution is 2.40. The molecular weight excluding hydrogens is 411 g/mol. The molecule has 1 atom stereocenters. The Kier molecular flexibility index (Phi) is 5.84. The van der Waals surface area contributed by atoms with E-state index in [-0.39, 0.29) is 5.82 Å². The van der Waals surface area contributed by atoms with Crippen molar-refractivity contribution in [1.82, 2.24) is 4.90 Å². The van der Waals surface area contributed by atoms with Gasteiger partial charge in [-0.25, -0.2) is 4.39 Å². The second-order valence-corrected chi connectivity index (χ2v) is 8.78. The zero-order chi connectivity index (χ0) is 21.2. The monoisotopic (exact) mass is 436 g/mol. The molecule has 0 spiro atoms. The third-order valence-electron chi connectivity index (χ3n) is 6.36. The van der Waals surface area contributed by atoms with Crippen LogP contribution in [0, 0.1) is 5.82 Å². The molecule has 3 aromatic carbocycles. The average Bonchev–Trinajstić information content (AvgIpc) is 3.17. The van der Waals surface area contributed by atoms with Gasteiger partial charge in [0.25, 0.3) is 0 Å². The Labute approximate surface area is 188 Å². The van der Waals surface area contributed by atoms with Gasteiger partial charge in [-0.05, 0) is 73.8 Å². The SMILES string of the molecule is Fc1ccc2c(c1)COc1ccccc1N2CC1CCCN1CCc1ccc(Cl)cc1. The number of para-hydroxylation sites is 2. The lowest BCUT2D eigenvalue weighted by molar-refractivity contribution is 0.261. The second-order valence-electron chi connectivity index (χ2n) is 8.35. The van der Waals surface area contributed by atoms with Crippen molar-refractivity contribution in [2.75, 3.05) is 24.5 Å². The molecule has 1 fully saturated rings. The lowest BCUT2D eigenvalue weighted by Crippen LogP contribution is -2.39. The molecule has 1 saturated heterocycles. The third kappa shape index (κ3) is 4.41. The van der Waals surface area contributed by atoms with Crippen molar-refractivity contribution >= 4 is 23.0 Å². The Morgan fingerprint density at radius 1 is 1.00 bits per heavy atom. The number of likely N-dealkylation sites (tertiary alicyclic amines) is 1. The van der Waals surface area contributed by atoms with Gasteiger partial charge in [-0.1, -0.05) is 35.9 Å². The van der Waals surface area contributed by atoms with Crippen LogP contribution in [0.2, 0.25) is 5.02 Å². The van der Waals surface area contributed by atoms with Crippen LogP contribution in [0.25, 0.3) is 0 Å². The first-order valence-electron chi connectivity index (χ1n) is 10.9. The van der Waals surface area contributed by atoms with E-state index in [2.05, 4.69) is 28.0 Å². The molecule has 5 rings (SSSR count). The first kappa shape index (κ1) is 20.3. The van der Waals surface area contributed by atoms with Crippen LogP contribution in [0.15, 0.2) is 66.7 Å². The Bertz CT molecular complexity index is 1060. The molecule has 0 aliphatic carbocycles. The minimum Gasteiger partial charge on any atom is -0.487 e. The van der Waals surface area contributed by atoms with Gasteiger partial charge in [0.1, 0.15) is 18.2 Å². The van der Waals surface area contributed by atoms with Gasteiger partial charge in [0, 0.05) is 35.4 Å². The first-order valence-corrected chi connectivity index (χ1v) is 11.3. The normalized spacial score (nSPS) is 18.3. The topological polar surface area (TPSA) is 15.7 Å². The zero-order valence-electron chi connectivity index (χ0n) is 17.4. The number of benzene rings is 3. The summed E-state index contributed by atoms with van der Waals surface area (Å²) in [7, 11) is 0. The largest absolute Gasteiger partial charge is 0.487 e. The van der Waals surface area contributed by atoms with E-state index < -0.39 is 0 Å². The number of nitrogens with zero attached hydrogens (tertiary/aromatic N) is 2. The first-order chi connectivity index (χ1) is 15.2. The highest BCUT2D eigenvalue weighted by Gasteiger charge is 2.30. The van der Waals surface area contributed by atoms with Gasteiger partial charge in [0.15, 0.2) is 0 Å². The standard InChI is InChI=1S/C26H26ClFN2O/c27-21-9-7-19(8-10-21)13-15-29-14-3-4-23(29)17-30-24-12-11-22(28)16-20(24)18-31-26-6-2-1-5-25(26)30/h1-2,5-12,16,23H,3-4,13-15,17-18H2. The third-order valence-corrected chi connectivity index (χ3v) is 6.62. The van der Waals surface area contributed by atoms with Crippen LogP contribution in [0.4, 0.5) is 15.8 Å². The molecule has 2 aliphatic rings. The van der Waals surface area contributed by atoms with Crippen LogP contribution < -0.4 is 9.64 Å². The highest BCUT2D eigenvalue weighted by atomic mass is 35.5. The molecule has 5 heteroatoms. The highest BCUT2D eigenvalue weighted by molar-refractivity contribution is 6.30. The van der Waals surface area contributed by atoms with E-state index in [1.165, 1.54) is 12.0 Å². The molecular formula is C26H26ClFN2O. The smallest absolute Gasteiger partial charge is 0.143 e. The van der Waals surface area contributed by atoms with Crippen LogP contribution in [0.5, 0.6) is 5.75 Å². The van der Waals surface area contributed by atoms with E-state index in [0.717, 1.165) is 60.2 Å². The summed E-state index contributed by atoms with van der Waals surface area (Å²) in [6.45, 7) is 3.38. The quantitative estimate of drug-likeness (QED) is 0.472. The van der Waals surface area contributed by atoms with E-state index in [1.54, 1.807) is 12.1 Å². The van der Waals surface area contributed by atoms with Gasteiger partial charge < -0.3 is 9.64 Å². The van der Waals surface area contributed by atoms with E-state index in [9.17, 15) is 4.39 Å². The van der Waals surface area contributed by atoms with E-state index in [0.29, 0.717) is 12.6 Å². The zero-order valence-corrected chi connectivity index (χ0v) is 18.2. The molecule has 1 unspecified atom stereocenters. The fraction of sp³-hybridized carbons (Fsp3) is 0.308. The van der Waals surface area contributed by atoms with Crippen LogP contribution in [-0.2, 0) is 13.0 Å². The predicted octanol–water partition coefficient (Wildman–Crippen LogP) is 6.22. The van der Waals surface area contributed by atoms with Crippen LogP contribution >= 0.6 is 11.6 Å². The molecule has 31 heavy (non-hydrogen) atoms. The molecule has 160 valence electrons. The number of ether oxygens (including phenoxy) is 1. The maximum Gasteiger partial charge on any atom is 0.143 e. The van der Waals surface area contributed by atoms with Crippen molar-refractivity contribution in [2.45, 2.75) is 31.9 Å². The number of fused-ring (bicyclic) bond motifs is 2. The molecule has 3 nitrogen and oxygen atoms in total. The second kappa shape index (κ2) is 8.89. The van der Waals surface area contributed by atoms with Crippen molar-refractivity contribution in [2.24, 2.45) is 0 Å². The molecule has 3 aromatic rings. The maximum absolute atomic E-state index is 13.9. The summed E-state index contributed by atoms with van der Waals surface area (Å²) in [6, 6.07) is 21.7. The van der Waals surface area contributed by atoms with Crippen molar-refractivity contribution < 1.29 is 9.13 Å². The maximum atomic E-state index is 13.9. The van der Waals surface area contributed by atoms with Crippen molar-refractivity contribution in [1.29, 1.82) is 0 Å². The molecule has 0 amide bonds. The molecule has 2 aliphatic heterocycles. The number of anilines is 2. The number of halogens is 2. The minimum atomic E-state index is -0.223. The van der Waals surface area contributed by atoms with Crippen LogP contribution in [0.3, 0.4) is 0 Å². The molecule has 0 radical (unpaired) electrons. The fourth-order valence-corrected chi connectivity index (χ4v) is 4.87. The Morgan fingerprint density at radius 2 is 1.84 bits per heavy atom. The fourth-order valence-electron chi connectivity index (χ4n) is 4.75. The average molecular weight is 437 g/mol. The lowest BCUT2D eigenvalue weighted by atomic mass is 10.1. The van der Waals surface area contributed by atoms with Crippen LogP contribution in [0.1, 0.15) is 24.0 Å². The molecule has 0 saturated carbocycles. The molecule has 0 bridgehead atoms. The van der Waals surface area contributed by atoms with Gasteiger partial charge >= 0.3 is 0 Å². The van der Waals surface area contributed by atoms with Crippen LogP contribution in [-0.4, -0.2) is 30.6 Å². The van der Waals surface area contributed by atoms with E-state index in [1.807, 2.05) is 36.4 Å². The number of rotatable bonds is 5. The van der Waals surface area contributed by atoms with Gasteiger partial charge in [-0.2, -0.15) is 0 Å². The van der Waals surface area contributed by atoms with Crippen molar-refractivity contribution in [3.05, 3.63) is 88.7 Å². The number of hydrogen-bond acceptors (Lipinski definition) is 3. The summed E-state index contributed by atoms with van der Waals surface area (Å²) in [4.78, 5) is 4.91. The lowest BCUT2D eigenvalue weighted by Gasteiger charge is -2.32. The summed E-state index contributed by atoms with van der Waals surface area (Å²) in [6.07, 6.45) is 3.37. The van der Waals surface area contributed by atoms with Gasteiger partial charge in [-0.3, -0.25) is 4.90 Å². The predicted molar refractivity (Wildman–Crippen MR) is 124 cm³/mol. The molecule has 0 aromatic heterocycles. The number of hydrogen-bond donors (Lipinski definition) is 0. The van der Waals surface area contributed by atoms with Gasteiger partial charge in [0.2, 0.25) is 0 Å². The summed E-state index contributed by atoms with van der Waals surface area (Å²) in [5.74, 6) is 0.628. The van der Waals surface area contributed by atoms with Gasteiger partial charge in [0.05, 0.1) is 5.69 Å². The Balaban J connectivity index is 1.38. The minimum absolute atomic E-state index is 0.223. The van der Waals surface area contributed by atoms with Crippen molar-refractivity contribution in [3.63, 3.8) is 0 Å². The Hall–Kier alpha value is -2.56. The van der Waals surface area contributed by atoms with E-state index >= 15 is 0 Å². The summed E-state index contributed by atoms with van der Waals surface area (Å²) in [5.41, 5.74) is 4.29. The molecule has 0 N–H and O–H groups in total. The van der Waals surface area contributed by atoms with E-state index in [4.69, 9.17) is 16.3 Å². The van der Waals surface area contributed by atoms with Crippen molar-refractivity contribution in [3.8, 4) is 5.75 Å².